The summed E-state index contributed by atoms with van der Waals surface area (Å²) in [5.74, 6) is 0. The molecular formula is C12H18O. The third-order valence-corrected chi connectivity index (χ3v) is 1.98. The second-order valence-corrected chi connectivity index (χ2v) is 2.91. The van der Waals surface area contributed by atoms with Gasteiger partial charge in [-0.3, -0.25) is 0 Å². The molecule has 13 heavy (non-hydrogen) atoms. The Morgan fingerprint density at radius 1 is 1.31 bits per heavy atom. The number of carbonyl (C=O) groups is 1. The first-order valence-corrected chi connectivity index (χ1v) is 4.67. The Bertz CT molecular complexity index is 232. The zero-order chi connectivity index (χ0) is 10.1. The smallest absolute Gasteiger partial charge is 0.124 e. The average Bonchev–Trinajstić information content (AvgIpc) is 2.16. The third kappa shape index (κ3) is 5.18. The van der Waals surface area contributed by atoms with Gasteiger partial charge in [0.25, 0.3) is 0 Å². The first-order chi connectivity index (χ1) is 6.26. The highest BCUT2D eigenvalue weighted by atomic mass is 16.1. The zero-order valence-electron chi connectivity index (χ0n) is 8.71. The van der Waals surface area contributed by atoms with Gasteiger partial charge in [0.2, 0.25) is 0 Å². The average molecular weight is 178 g/mol. The van der Waals surface area contributed by atoms with Crippen molar-refractivity contribution in [3.63, 3.8) is 0 Å². The van der Waals surface area contributed by atoms with E-state index < -0.39 is 0 Å². The SMILES string of the molecule is C/C=C\C=C/C(CC=O)=C(C)CC. The molecule has 72 valence electrons. The normalized spacial score (nSPS) is 13.8. The number of hydrogen-bond donors (Lipinski definition) is 0. The van der Waals surface area contributed by atoms with Crippen LogP contribution in [0.3, 0.4) is 0 Å². The molecule has 0 radical (unpaired) electrons. The van der Waals surface area contributed by atoms with E-state index in [1.807, 2.05) is 31.2 Å². The summed E-state index contributed by atoms with van der Waals surface area (Å²) in [4.78, 5) is 10.4. The molecule has 0 fully saturated rings. The number of hydrogen-bond acceptors (Lipinski definition) is 1. The molecule has 0 bridgehead atoms. The lowest BCUT2D eigenvalue weighted by Crippen LogP contribution is -1.86. The van der Waals surface area contributed by atoms with E-state index in [4.69, 9.17) is 0 Å². The molecule has 0 aliphatic heterocycles. The van der Waals surface area contributed by atoms with Gasteiger partial charge in [-0.25, -0.2) is 0 Å². The summed E-state index contributed by atoms with van der Waals surface area (Å²) in [6.07, 6.45) is 10.4. The topological polar surface area (TPSA) is 17.1 Å². The zero-order valence-corrected chi connectivity index (χ0v) is 8.71. The van der Waals surface area contributed by atoms with Crippen molar-refractivity contribution < 1.29 is 4.79 Å². The molecule has 0 N–H and O–H groups in total. The van der Waals surface area contributed by atoms with Crippen molar-refractivity contribution in [2.75, 3.05) is 0 Å². The quantitative estimate of drug-likeness (QED) is 0.465. The lowest BCUT2D eigenvalue weighted by atomic mass is 10.0. The van der Waals surface area contributed by atoms with E-state index >= 15 is 0 Å². The van der Waals surface area contributed by atoms with Crippen LogP contribution in [0, 0.1) is 0 Å². The van der Waals surface area contributed by atoms with Crippen LogP contribution < -0.4 is 0 Å². The molecule has 0 aromatic carbocycles. The van der Waals surface area contributed by atoms with E-state index in [1.165, 1.54) is 5.57 Å². The predicted molar refractivity (Wildman–Crippen MR) is 57.6 cm³/mol. The summed E-state index contributed by atoms with van der Waals surface area (Å²) >= 11 is 0. The van der Waals surface area contributed by atoms with Crippen LogP contribution in [0.4, 0.5) is 0 Å². The van der Waals surface area contributed by atoms with Crippen molar-refractivity contribution in [2.45, 2.75) is 33.6 Å². The Labute approximate surface area is 80.8 Å². The standard InChI is InChI=1S/C12H18O/c1-4-6-7-8-12(9-10-13)11(3)5-2/h4,6-8,10H,5,9H2,1-3H3/b6-4-,8-7-,12-11?. The van der Waals surface area contributed by atoms with E-state index in [2.05, 4.69) is 13.8 Å². The Kier molecular flexibility index (Phi) is 6.89. The summed E-state index contributed by atoms with van der Waals surface area (Å²) < 4.78 is 0. The lowest BCUT2D eigenvalue weighted by molar-refractivity contribution is -0.107. The minimum atomic E-state index is 0.522. The van der Waals surface area contributed by atoms with Gasteiger partial charge in [-0.2, -0.15) is 0 Å². The van der Waals surface area contributed by atoms with Crippen LogP contribution in [-0.4, -0.2) is 6.29 Å². The highest BCUT2D eigenvalue weighted by molar-refractivity contribution is 5.57. The molecule has 0 heterocycles. The second kappa shape index (κ2) is 7.53. The van der Waals surface area contributed by atoms with Gasteiger partial charge in [-0.05, 0) is 25.8 Å². The van der Waals surface area contributed by atoms with Crippen molar-refractivity contribution in [2.24, 2.45) is 0 Å². The van der Waals surface area contributed by atoms with Gasteiger partial charge >= 0.3 is 0 Å². The van der Waals surface area contributed by atoms with Gasteiger partial charge in [-0.1, -0.05) is 36.8 Å². The minimum absolute atomic E-state index is 0.522. The molecule has 0 amide bonds. The number of allylic oxidation sites excluding steroid dienone is 6. The first-order valence-electron chi connectivity index (χ1n) is 4.67. The molecule has 1 heteroatoms. The number of rotatable bonds is 5. The molecule has 0 atom stereocenters. The van der Waals surface area contributed by atoms with Crippen LogP contribution in [0.5, 0.6) is 0 Å². The van der Waals surface area contributed by atoms with Gasteiger partial charge in [-0.15, -0.1) is 0 Å². The number of aldehydes is 1. The molecular weight excluding hydrogens is 160 g/mol. The Hall–Kier alpha value is -1.11. The van der Waals surface area contributed by atoms with Crippen molar-refractivity contribution in [3.8, 4) is 0 Å². The molecule has 0 aromatic rings. The minimum Gasteiger partial charge on any atom is -0.303 e. The van der Waals surface area contributed by atoms with E-state index in [9.17, 15) is 4.79 Å². The molecule has 0 saturated heterocycles. The van der Waals surface area contributed by atoms with Crippen molar-refractivity contribution in [3.05, 3.63) is 35.5 Å². The van der Waals surface area contributed by atoms with Crippen LogP contribution in [-0.2, 0) is 4.79 Å². The van der Waals surface area contributed by atoms with E-state index in [0.29, 0.717) is 6.42 Å². The Morgan fingerprint density at radius 2 is 2.00 bits per heavy atom. The molecule has 1 nitrogen and oxygen atoms in total. The maximum Gasteiger partial charge on any atom is 0.124 e. The maximum absolute atomic E-state index is 10.4. The summed E-state index contributed by atoms with van der Waals surface area (Å²) in [5, 5.41) is 0. The van der Waals surface area contributed by atoms with Crippen LogP contribution in [0.2, 0.25) is 0 Å². The first kappa shape index (κ1) is 11.9. The number of carbonyl (C=O) groups excluding carboxylic acids is 1. The Balaban J connectivity index is 4.51. The van der Waals surface area contributed by atoms with Crippen LogP contribution >= 0.6 is 0 Å². The largest absolute Gasteiger partial charge is 0.303 e. The van der Waals surface area contributed by atoms with Gasteiger partial charge in [0.15, 0.2) is 0 Å². The van der Waals surface area contributed by atoms with Gasteiger partial charge in [0, 0.05) is 6.42 Å². The van der Waals surface area contributed by atoms with Crippen LogP contribution in [0.1, 0.15) is 33.6 Å². The van der Waals surface area contributed by atoms with Crippen molar-refractivity contribution in [1.82, 2.24) is 0 Å². The lowest BCUT2D eigenvalue weighted by Gasteiger charge is -2.01. The third-order valence-electron chi connectivity index (χ3n) is 1.98. The van der Waals surface area contributed by atoms with Gasteiger partial charge in [0.05, 0.1) is 0 Å². The molecule has 0 spiro atoms. The Morgan fingerprint density at radius 3 is 2.46 bits per heavy atom. The van der Waals surface area contributed by atoms with E-state index in [0.717, 1.165) is 18.3 Å². The predicted octanol–water partition coefficient (Wildman–Crippen LogP) is 3.43. The second-order valence-electron chi connectivity index (χ2n) is 2.91. The van der Waals surface area contributed by atoms with Crippen molar-refractivity contribution >= 4 is 6.29 Å². The monoisotopic (exact) mass is 178 g/mol. The fourth-order valence-electron chi connectivity index (χ4n) is 0.984. The molecule has 0 aliphatic carbocycles. The van der Waals surface area contributed by atoms with Crippen molar-refractivity contribution in [1.29, 1.82) is 0 Å². The molecule has 0 rings (SSSR count). The fraction of sp³-hybridized carbons (Fsp3) is 0.417. The van der Waals surface area contributed by atoms with Gasteiger partial charge in [0.1, 0.15) is 6.29 Å². The summed E-state index contributed by atoms with van der Waals surface area (Å²) in [6, 6.07) is 0. The molecule has 0 unspecified atom stereocenters. The van der Waals surface area contributed by atoms with Crippen LogP contribution in [0.25, 0.3) is 0 Å². The maximum atomic E-state index is 10.4. The summed E-state index contributed by atoms with van der Waals surface area (Å²) in [6.45, 7) is 6.14. The summed E-state index contributed by atoms with van der Waals surface area (Å²) in [5.41, 5.74) is 2.42. The highest BCUT2D eigenvalue weighted by Crippen LogP contribution is 2.12. The fourth-order valence-corrected chi connectivity index (χ4v) is 0.984. The van der Waals surface area contributed by atoms with E-state index in [1.54, 1.807) is 0 Å². The van der Waals surface area contributed by atoms with E-state index in [-0.39, 0.29) is 0 Å². The molecule has 0 aromatic heterocycles. The highest BCUT2D eigenvalue weighted by Gasteiger charge is 1.95. The summed E-state index contributed by atoms with van der Waals surface area (Å²) in [7, 11) is 0. The van der Waals surface area contributed by atoms with Gasteiger partial charge < -0.3 is 4.79 Å². The van der Waals surface area contributed by atoms with Crippen LogP contribution in [0.15, 0.2) is 35.5 Å². The molecule has 0 saturated carbocycles. The molecule has 0 aliphatic rings.